The Morgan fingerprint density at radius 1 is 1.59 bits per heavy atom. The van der Waals surface area contributed by atoms with Gasteiger partial charge in [0.2, 0.25) is 5.91 Å². The van der Waals surface area contributed by atoms with E-state index in [1.807, 2.05) is 32.2 Å². The smallest absolute Gasteiger partial charge is 0.237 e. The van der Waals surface area contributed by atoms with E-state index >= 15 is 0 Å². The number of carbonyl (C=O) groups excluding carboxylic acids is 1. The molecule has 0 aliphatic rings. The van der Waals surface area contributed by atoms with Crippen molar-refractivity contribution in [3.05, 3.63) is 42.2 Å². The fourth-order valence-electron chi connectivity index (χ4n) is 1.29. The molecule has 1 rings (SSSR count). The quantitative estimate of drug-likeness (QED) is 0.725. The lowest BCUT2D eigenvalue weighted by Gasteiger charge is -2.13. The standard InChI is InChI=1S/C13H19N3O/c1-4-7-14-13(17)11(3)16-9-12-6-5-10(2)15-8-12/h4-6,8,11,16H,1,7,9H2,2-3H3,(H,14,17). The number of aryl methyl sites for hydroxylation is 1. The molecule has 1 unspecified atom stereocenters. The second-order valence-electron chi connectivity index (χ2n) is 3.94. The Balaban J connectivity index is 2.37. The van der Waals surface area contributed by atoms with Crippen LogP contribution in [0.1, 0.15) is 18.2 Å². The number of rotatable bonds is 6. The first-order valence-corrected chi connectivity index (χ1v) is 5.67. The number of aromatic nitrogens is 1. The molecule has 0 spiro atoms. The third kappa shape index (κ3) is 4.78. The summed E-state index contributed by atoms with van der Waals surface area (Å²) in [6.45, 7) is 8.46. The first-order valence-electron chi connectivity index (χ1n) is 5.67. The molecule has 4 heteroatoms. The Labute approximate surface area is 102 Å². The Morgan fingerprint density at radius 3 is 2.94 bits per heavy atom. The summed E-state index contributed by atoms with van der Waals surface area (Å²) in [6, 6.07) is 3.74. The predicted molar refractivity (Wildman–Crippen MR) is 68.5 cm³/mol. The van der Waals surface area contributed by atoms with E-state index in [0.29, 0.717) is 13.1 Å². The van der Waals surface area contributed by atoms with Crippen LogP contribution in [0.25, 0.3) is 0 Å². The maximum Gasteiger partial charge on any atom is 0.237 e. The van der Waals surface area contributed by atoms with Gasteiger partial charge in [-0.2, -0.15) is 0 Å². The van der Waals surface area contributed by atoms with E-state index in [4.69, 9.17) is 0 Å². The molecule has 2 N–H and O–H groups in total. The normalized spacial score (nSPS) is 11.9. The van der Waals surface area contributed by atoms with E-state index in [1.165, 1.54) is 0 Å². The van der Waals surface area contributed by atoms with Crippen molar-refractivity contribution >= 4 is 5.91 Å². The summed E-state index contributed by atoms with van der Waals surface area (Å²) in [7, 11) is 0. The number of hydrogen-bond acceptors (Lipinski definition) is 3. The molecule has 1 heterocycles. The van der Waals surface area contributed by atoms with Crippen LogP contribution in [0.15, 0.2) is 31.0 Å². The lowest BCUT2D eigenvalue weighted by atomic mass is 10.2. The summed E-state index contributed by atoms with van der Waals surface area (Å²) in [5.74, 6) is -0.0232. The highest BCUT2D eigenvalue weighted by Crippen LogP contribution is 1.99. The van der Waals surface area contributed by atoms with Gasteiger partial charge in [-0.25, -0.2) is 0 Å². The fourth-order valence-corrected chi connectivity index (χ4v) is 1.29. The molecule has 1 aromatic heterocycles. The van der Waals surface area contributed by atoms with E-state index in [9.17, 15) is 4.79 Å². The van der Waals surface area contributed by atoms with Crippen molar-refractivity contribution in [3.63, 3.8) is 0 Å². The van der Waals surface area contributed by atoms with E-state index in [0.717, 1.165) is 11.3 Å². The largest absolute Gasteiger partial charge is 0.351 e. The van der Waals surface area contributed by atoms with Crippen LogP contribution >= 0.6 is 0 Å². The summed E-state index contributed by atoms with van der Waals surface area (Å²) in [4.78, 5) is 15.7. The molecule has 1 aromatic rings. The van der Waals surface area contributed by atoms with Crippen molar-refractivity contribution in [2.24, 2.45) is 0 Å². The van der Waals surface area contributed by atoms with E-state index in [2.05, 4.69) is 22.2 Å². The predicted octanol–water partition coefficient (Wildman–Crippen LogP) is 1.17. The number of carbonyl (C=O) groups is 1. The molecule has 0 saturated heterocycles. The van der Waals surface area contributed by atoms with Crippen LogP contribution in [0.4, 0.5) is 0 Å². The summed E-state index contributed by atoms with van der Waals surface area (Å²) < 4.78 is 0. The third-order valence-electron chi connectivity index (χ3n) is 2.40. The monoisotopic (exact) mass is 233 g/mol. The van der Waals surface area contributed by atoms with E-state index in [-0.39, 0.29) is 11.9 Å². The molecule has 0 aliphatic heterocycles. The molecule has 1 atom stereocenters. The van der Waals surface area contributed by atoms with Gasteiger partial charge in [0.25, 0.3) is 0 Å². The summed E-state index contributed by atoms with van der Waals surface area (Å²) >= 11 is 0. The third-order valence-corrected chi connectivity index (χ3v) is 2.40. The molecule has 17 heavy (non-hydrogen) atoms. The maximum atomic E-state index is 11.5. The highest BCUT2D eigenvalue weighted by atomic mass is 16.2. The Kier molecular flexibility index (Phi) is 5.36. The molecule has 0 saturated carbocycles. The van der Waals surface area contributed by atoms with Crippen molar-refractivity contribution in [2.75, 3.05) is 6.54 Å². The van der Waals surface area contributed by atoms with Gasteiger partial charge in [0.1, 0.15) is 0 Å². The highest BCUT2D eigenvalue weighted by molar-refractivity contribution is 5.81. The van der Waals surface area contributed by atoms with E-state index < -0.39 is 0 Å². The molecule has 0 fully saturated rings. The van der Waals surface area contributed by atoms with Gasteiger partial charge in [-0.05, 0) is 25.5 Å². The first-order chi connectivity index (χ1) is 8.13. The summed E-state index contributed by atoms with van der Waals surface area (Å²) in [5.41, 5.74) is 2.06. The minimum atomic E-state index is -0.226. The lowest BCUT2D eigenvalue weighted by molar-refractivity contribution is -0.122. The van der Waals surface area contributed by atoms with Gasteiger partial charge >= 0.3 is 0 Å². The first kappa shape index (κ1) is 13.4. The second-order valence-corrected chi connectivity index (χ2v) is 3.94. The summed E-state index contributed by atoms with van der Waals surface area (Å²) in [5, 5.41) is 5.88. The van der Waals surface area contributed by atoms with Gasteiger partial charge < -0.3 is 10.6 Å². The van der Waals surface area contributed by atoms with Crippen molar-refractivity contribution in [2.45, 2.75) is 26.4 Å². The number of nitrogens with one attached hydrogen (secondary N) is 2. The van der Waals surface area contributed by atoms with Crippen LogP contribution in [0.2, 0.25) is 0 Å². The van der Waals surface area contributed by atoms with Gasteiger partial charge in [0.05, 0.1) is 6.04 Å². The molecule has 0 aromatic carbocycles. The van der Waals surface area contributed by atoms with E-state index in [1.54, 1.807) is 6.08 Å². The average molecular weight is 233 g/mol. The van der Waals surface area contributed by atoms with Gasteiger partial charge in [-0.1, -0.05) is 12.1 Å². The minimum Gasteiger partial charge on any atom is -0.351 e. The molecule has 1 amide bonds. The van der Waals surface area contributed by atoms with Crippen LogP contribution in [-0.2, 0) is 11.3 Å². The van der Waals surface area contributed by atoms with Crippen LogP contribution in [0, 0.1) is 6.92 Å². The molecule has 0 radical (unpaired) electrons. The Morgan fingerprint density at radius 2 is 2.35 bits per heavy atom. The second kappa shape index (κ2) is 6.81. The SMILES string of the molecule is C=CCNC(=O)C(C)NCc1ccc(C)nc1. The molecular weight excluding hydrogens is 214 g/mol. The van der Waals surface area contributed by atoms with Crippen molar-refractivity contribution in [1.29, 1.82) is 0 Å². The van der Waals surface area contributed by atoms with Crippen LogP contribution in [0.3, 0.4) is 0 Å². The zero-order chi connectivity index (χ0) is 12.7. The zero-order valence-corrected chi connectivity index (χ0v) is 10.4. The fraction of sp³-hybridized carbons (Fsp3) is 0.385. The van der Waals surface area contributed by atoms with Gasteiger partial charge in [0.15, 0.2) is 0 Å². The minimum absolute atomic E-state index is 0.0232. The summed E-state index contributed by atoms with van der Waals surface area (Å²) in [6.07, 6.45) is 3.48. The van der Waals surface area contributed by atoms with Crippen molar-refractivity contribution < 1.29 is 4.79 Å². The number of hydrogen-bond donors (Lipinski definition) is 2. The lowest BCUT2D eigenvalue weighted by Crippen LogP contribution is -2.41. The topological polar surface area (TPSA) is 54.0 Å². The Hall–Kier alpha value is -1.68. The van der Waals surface area contributed by atoms with Gasteiger partial charge in [-0.15, -0.1) is 6.58 Å². The highest BCUT2D eigenvalue weighted by Gasteiger charge is 2.10. The van der Waals surface area contributed by atoms with Crippen LogP contribution in [0.5, 0.6) is 0 Å². The zero-order valence-electron chi connectivity index (χ0n) is 10.4. The van der Waals surface area contributed by atoms with Crippen LogP contribution < -0.4 is 10.6 Å². The average Bonchev–Trinajstić information content (AvgIpc) is 2.34. The number of pyridine rings is 1. The molecule has 0 aliphatic carbocycles. The van der Waals surface area contributed by atoms with Crippen LogP contribution in [-0.4, -0.2) is 23.5 Å². The molecule has 0 bridgehead atoms. The molecule has 92 valence electrons. The van der Waals surface area contributed by atoms with Crippen molar-refractivity contribution in [1.82, 2.24) is 15.6 Å². The number of amides is 1. The molecular formula is C13H19N3O. The molecule has 4 nitrogen and oxygen atoms in total. The number of nitrogens with zero attached hydrogens (tertiary/aromatic N) is 1. The maximum absolute atomic E-state index is 11.5. The van der Waals surface area contributed by atoms with Gasteiger partial charge in [0, 0.05) is 25.0 Å². The van der Waals surface area contributed by atoms with Crippen molar-refractivity contribution in [3.8, 4) is 0 Å². The Bertz CT molecular complexity index is 373. The van der Waals surface area contributed by atoms with Gasteiger partial charge in [-0.3, -0.25) is 9.78 Å².